The van der Waals surface area contributed by atoms with E-state index in [2.05, 4.69) is 19.9 Å². The fraction of sp³-hybridized carbons (Fsp3) is 0.895. The van der Waals surface area contributed by atoms with Crippen molar-refractivity contribution in [2.24, 2.45) is 5.16 Å². The lowest BCUT2D eigenvalue weighted by Gasteiger charge is -2.49. The van der Waals surface area contributed by atoms with Crippen LogP contribution in [0.1, 0.15) is 19.3 Å². The number of rotatable bonds is 7. The zero-order chi connectivity index (χ0) is 21.4. The van der Waals surface area contributed by atoms with Crippen LogP contribution in [0.3, 0.4) is 0 Å². The van der Waals surface area contributed by atoms with E-state index in [1.807, 2.05) is 32.8 Å². The van der Waals surface area contributed by atoms with Crippen LogP contribution in [0, 0.1) is 0 Å². The molecule has 2 aliphatic rings. The highest BCUT2D eigenvalue weighted by atomic mass is 16.7. The molecule has 2 aliphatic heterocycles. The molecule has 3 N–H and O–H groups in total. The van der Waals surface area contributed by atoms with Gasteiger partial charge in [0.05, 0.1) is 51.3 Å². The van der Waals surface area contributed by atoms with Crippen LogP contribution in [0.25, 0.3) is 0 Å². The number of nitrogens with zero attached hydrogens (tertiary/aromatic N) is 5. The summed E-state index contributed by atoms with van der Waals surface area (Å²) in [5, 5.41) is 33.4. The second-order valence-electron chi connectivity index (χ2n) is 7.76. The molecular formula is C19H38N5O5+. The van der Waals surface area contributed by atoms with Crippen LogP contribution in [-0.2, 0) is 9.57 Å². The summed E-state index contributed by atoms with van der Waals surface area (Å²) >= 11 is 0. The van der Waals surface area contributed by atoms with Crippen molar-refractivity contribution in [3.63, 3.8) is 0 Å². The van der Waals surface area contributed by atoms with Crippen molar-refractivity contribution in [2.45, 2.75) is 37.5 Å². The van der Waals surface area contributed by atoms with Crippen LogP contribution in [0.5, 0.6) is 0 Å². The number of hydrogen-bond donors (Lipinski definition) is 3. The quantitative estimate of drug-likeness (QED) is 0.197. The first-order chi connectivity index (χ1) is 14.0. The van der Waals surface area contributed by atoms with Crippen LogP contribution >= 0.6 is 0 Å². The second kappa shape index (κ2) is 11.8. The van der Waals surface area contributed by atoms with Gasteiger partial charge in [-0.3, -0.25) is 14.6 Å². The van der Waals surface area contributed by atoms with E-state index in [0.29, 0.717) is 38.5 Å². The molecule has 0 saturated carbocycles. The molecule has 0 aliphatic carbocycles. The molecule has 0 spiro atoms. The second-order valence-corrected chi connectivity index (χ2v) is 7.76. The van der Waals surface area contributed by atoms with Crippen LogP contribution in [0.15, 0.2) is 5.16 Å². The van der Waals surface area contributed by atoms with Crippen molar-refractivity contribution in [1.29, 1.82) is 0 Å². The van der Waals surface area contributed by atoms with Gasteiger partial charge in [0.2, 0.25) is 0 Å². The van der Waals surface area contributed by atoms with Crippen molar-refractivity contribution >= 4 is 11.7 Å². The number of hydrogen-bond acceptors (Lipinski definition) is 8. The normalized spacial score (nSPS) is 26.5. The molecule has 10 nitrogen and oxygen atoms in total. The Morgan fingerprint density at radius 2 is 1.52 bits per heavy atom. The van der Waals surface area contributed by atoms with Gasteiger partial charge in [0.1, 0.15) is 13.1 Å². The van der Waals surface area contributed by atoms with E-state index >= 15 is 0 Å². The van der Waals surface area contributed by atoms with E-state index in [0.717, 1.165) is 18.8 Å². The number of aliphatic hydroxyl groups excluding tert-OH is 3. The van der Waals surface area contributed by atoms with Gasteiger partial charge in [0, 0.05) is 19.8 Å². The van der Waals surface area contributed by atoms with Gasteiger partial charge in [-0.25, -0.2) is 9.48 Å². The molecule has 2 fully saturated rings. The van der Waals surface area contributed by atoms with Crippen molar-refractivity contribution in [1.82, 2.24) is 14.7 Å². The van der Waals surface area contributed by atoms with Gasteiger partial charge in [0.15, 0.2) is 0 Å². The van der Waals surface area contributed by atoms with E-state index < -0.39 is 0 Å². The number of morpholine rings is 1. The Bertz CT molecular complexity index is 541. The minimum atomic E-state index is -0.141. The number of amidine groups is 1. The van der Waals surface area contributed by atoms with Crippen molar-refractivity contribution in [3.05, 3.63) is 0 Å². The molecule has 29 heavy (non-hydrogen) atoms. The van der Waals surface area contributed by atoms with Crippen LogP contribution in [-0.4, -0.2) is 139 Å². The predicted molar refractivity (Wildman–Crippen MR) is 110 cm³/mol. The molecule has 0 amide bonds. The molecule has 2 rings (SSSR count). The molecule has 0 aromatic rings. The van der Waals surface area contributed by atoms with Gasteiger partial charge in [-0.1, -0.05) is 5.16 Å². The van der Waals surface area contributed by atoms with E-state index in [-0.39, 0.29) is 38.1 Å². The van der Waals surface area contributed by atoms with Gasteiger partial charge in [-0.15, -0.1) is 0 Å². The van der Waals surface area contributed by atoms with E-state index in [1.165, 1.54) is 0 Å². The first-order valence-corrected chi connectivity index (χ1v) is 10.3. The van der Waals surface area contributed by atoms with Crippen molar-refractivity contribution in [2.75, 3.05) is 74.3 Å². The molecule has 168 valence electrons. The zero-order valence-electron chi connectivity index (χ0n) is 18.2. The molecule has 10 heteroatoms. The lowest BCUT2D eigenvalue weighted by Crippen LogP contribution is -2.65. The van der Waals surface area contributed by atoms with Gasteiger partial charge in [-0.2, -0.15) is 0 Å². The summed E-state index contributed by atoms with van der Waals surface area (Å²) in [7, 11) is 7.77. The smallest absolute Gasteiger partial charge is 0.396 e. The Labute approximate surface area is 173 Å². The number of ether oxygens (including phenoxy) is 1. The lowest BCUT2D eigenvalue weighted by atomic mass is 9.92. The van der Waals surface area contributed by atoms with Crippen LogP contribution < -0.4 is 0 Å². The standard InChI is InChI=1S/C19H38N5O5/c1-21(2)19(24-8-13-28-14-9-24)29-20-18-15(5-10-25)22(3)17(7-12-27)23(4)16(18)6-11-26/h15-17,25-27H,5-14H2,1-4H3/q+1. The SMILES string of the molecule is CN1C(CCO)C(=NOC(N2CCOCC2)=[N+](C)C)C(CCO)N(C)C1CCO. The Balaban J connectivity index is 2.33. The molecule has 0 aromatic carbocycles. The Kier molecular flexibility index (Phi) is 9.73. The molecule has 2 heterocycles. The van der Waals surface area contributed by atoms with Gasteiger partial charge in [-0.05, 0) is 33.4 Å². The third-order valence-electron chi connectivity index (χ3n) is 5.70. The summed E-state index contributed by atoms with van der Waals surface area (Å²) in [5.74, 6) is 0. The largest absolute Gasteiger partial charge is 0.472 e. The monoisotopic (exact) mass is 416 g/mol. The lowest BCUT2D eigenvalue weighted by molar-refractivity contribution is -0.481. The maximum Gasteiger partial charge on any atom is 0.472 e. The van der Waals surface area contributed by atoms with Gasteiger partial charge < -0.3 is 20.1 Å². The first kappa shape index (κ1) is 24.0. The molecule has 2 saturated heterocycles. The Morgan fingerprint density at radius 3 is 1.97 bits per heavy atom. The fourth-order valence-corrected chi connectivity index (χ4v) is 4.20. The highest BCUT2D eigenvalue weighted by Gasteiger charge is 2.42. The topological polar surface area (TPSA) is 104 Å². The molecule has 0 bridgehead atoms. The summed E-state index contributed by atoms with van der Waals surface area (Å²) in [4.78, 5) is 12.3. The fourth-order valence-electron chi connectivity index (χ4n) is 4.20. The summed E-state index contributed by atoms with van der Waals surface area (Å²) in [6.45, 7) is 2.85. The highest BCUT2D eigenvalue weighted by Crippen LogP contribution is 2.26. The maximum atomic E-state index is 9.65. The Hall–Kier alpha value is -1.30. The summed E-state index contributed by atoms with van der Waals surface area (Å²) in [6, 6.07) is 0.365. The first-order valence-electron chi connectivity index (χ1n) is 10.3. The highest BCUT2D eigenvalue weighted by molar-refractivity contribution is 5.95. The van der Waals surface area contributed by atoms with E-state index in [4.69, 9.17) is 9.57 Å². The third-order valence-corrected chi connectivity index (χ3v) is 5.70. The summed E-state index contributed by atoms with van der Waals surface area (Å²) in [6.07, 6.45) is 1.58. The van der Waals surface area contributed by atoms with Crippen molar-refractivity contribution in [3.8, 4) is 0 Å². The van der Waals surface area contributed by atoms with Crippen molar-refractivity contribution < 1.29 is 29.5 Å². The molecule has 0 aromatic heterocycles. The zero-order valence-corrected chi connectivity index (χ0v) is 18.2. The molecular weight excluding hydrogens is 378 g/mol. The average Bonchev–Trinajstić information content (AvgIpc) is 2.71. The molecule has 2 unspecified atom stereocenters. The number of aliphatic hydroxyl groups is 3. The van der Waals surface area contributed by atoms with Gasteiger partial charge in [0.25, 0.3) is 0 Å². The number of oxime groups is 1. The van der Waals surface area contributed by atoms with Crippen LogP contribution in [0.4, 0.5) is 0 Å². The third kappa shape index (κ3) is 5.87. The van der Waals surface area contributed by atoms with E-state index in [9.17, 15) is 15.3 Å². The van der Waals surface area contributed by atoms with E-state index in [1.54, 1.807) is 0 Å². The summed E-state index contributed by atoms with van der Waals surface area (Å²) < 4.78 is 7.32. The average molecular weight is 417 g/mol. The van der Waals surface area contributed by atoms with Gasteiger partial charge >= 0.3 is 6.02 Å². The summed E-state index contributed by atoms with van der Waals surface area (Å²) in [5.41, 5.74) is 0.778. The predicted octanol–water partition coefficient (Wildman–Crippen LogP) is -1.59. The minimum absolute atomic E-state index is 0.0106. The van der Waals surface area contributed by atoms with Crippen LogP contribution in [0.2, 0.25) is 0 Å². The maximum absolute atomic E-state index is 9.65. The molecule has 2 atom stereocenters. The molecule has 0 radical (unpaired) electrons. The minimum Gasteiger partial charge on any atom is -0.396 e. The Morgan fingerprint density at radius 1 is 1.00 bits per heavy atom.